The molecule has 1 atom stereocenters. The first kappa shape index (κ1) is 14.1. The van der Waals surface area contributed by atoms with Crippen LogP contribution < -0.4 is 5.73 Å². The van der Waals surface area contributed by atoms with Gasteiger partial charge in [0.05, 0.1) is 36.1 Å². The van der Waals surface area contributed by atoms with Crippen molar-refractivity contribution in [1.29, 1.82) is 0 Å². The molecule has 0 fully saturated rings. The second kappa shape index (κ2) is 6.19. The number of benzene rings is 1. The molecule has 0 bridgehead atoms. The third-order valence-electron chi connectivity index (χ3n) is 3.07. The summed E-state index contributed by atoms with van der Waals surface area (Å²) < 4.78 is 6.87. The van der Waals surface area contributed by atoms with Crippen LogP contribution in [0.25, 0.3) is 0 Å². The fraction of sp³-hybridized carbons (Fsp3) is 0.357. The minimum atomic E-state index is -0.285. The summed E-state index contributed by atoms with van der Waals surface area (Å²) in [6, 6.07) is 7.83. The number of hydrogen-bond donors (Lipinski definition) is 1. The van der Waals surface area contributed by atoms with Crippen LogP contribution in [0, 0.1) is 6.92 Å². The Kier molecular flexibility index (Phi) is 4.58. The van der Waals surface area contributed by atoms with E-state index in [1.54, 1.807) is 18.0 Å². The molecule has 2 aromatic rings. The van der Waals surface area contributed by atoms with Gasteiger partial charge in [-0.2, -0.15) is 5.10 Å². The van der Waals surface area contributed by atoms with Crippen LogP contribution in [0.4, 0.5) is 0 Å². The Balaban J connectivity index is 2.29. The summed E-state index contributed by atoms with van der Waals surface area (Å²) in [6.45, 7) is 3.26. The van der Waals surface area contributed by atoms with E-state index in [1.807, 2.05) is 31.2 Å². The monoisotopic (exact) mass is 279 g/mol. The van der Waals surface area contributed by atoms with Gasteiger partial charge < -0.3 is 10.5 Å². The van der Waals surface area contributed by atoms with Gasteiger partial charge in [-0.15, -0.1) is 0 Å². The molecular formula is C14H18ClN3O. The Morgan fingerprint density at radius 3 is 2.68 bits per heavy atom. The Hall–Kier alpha value is -1.36. The van der Waals surface area contributed by atoms with Crippen LogP contribution in [0.15, 0.2) is 30.5 Å². The van der Waals surface area contributed by atoms with E-state index in [2.05, 4.69) is 5.10 Å². The lowest BCUT2D eigenvalue weighted by Gasteiger charge is -2.15. The van der Waals surface area contributed by atoms with Gasteiger partial charge in [-0.1, -0.05) is 41.4 Å². The quantitative estimate of drug-likeness (QED) is 0.915. The number of nitrogens with two attached hydrogens (primary N) is 1. The highest BCUT2D eigenvalue weighted by Gasteiger charge is 2.18. The topological polar surface area (TPSA) is 53.1 Å². The zero-order valence-electron chi connectivity index (χ0n) is 11.1. The predicted molar refractivity (Wildman–Crippen MR) is 76.3 cm³/mol. The first-order chi connectivity index (χ1) is 9.13. The fourth-order valence-electron chi connectivity index (χ4n) is 1.97. The van der Waals surface area contributed by atoms with Crippen molar-refractivity contribution in [2.24, 2.45) is 5.73 Å². The average molecular weight is 280 g/mol. The maximum Gasteiger partial charge on any atom is 0.0837 e. The maximum atomic E-state index is 6.30. The van der Waals surface area contributed by atoms with Crippen molar-refractivity contribution in [2.45, 2.75) is 19.5 Å². The van der Waals surface area contributed by atoms with Crippen molar-refractivity contribution >= 4 is 11.6 Å². The van der Waals surface area contributed by atoms with E-state index in [-0.39, 0.29) is 6.04 Å². The van der Waals surface area contributed by atoms with Gasteiger partial charge in [-0.25, -0.2) is 0 Å². The van der Waals surface area contributed by atoms with Crippen LogP contribution in [0.3, 0.4) is 0 Å². The van der Waals surface area contributed by atoms with E-state index in [9.17, 15) is 0 Å². The molecule has 19 heavy (non-hydrogen) atoms. The second-order valence-corrected chi connectivity index (χ2v) is 4.89. The fourth-order valence-corrected chi connectivity index (χ4v) is 2.23. The average Bonchev–Trinajstić information content (AvgIpc) is 2.77. The molecule has 0 amide bonds. The lowest BCUT2D eigenvalue weighted by molar-refractivity contribution is 0.182. The van der Waals surface area contributed by atoms with Gasteiger partial charge >= 0.3 is 0 Å². The first-order valence-corrected chi connectivity index (χ1v) is 6.53. The Morgan fingerprint density at radius 1 is 1.37 bits per heavy atom. The Labute approximate surface area is 118 Å². The van der Waals surface area contributed by atoms with Crippen LogP contribution in [-0.4, -0.2) is 23.5 Å². The number of methoxy groups -OCH3 is 1. The number of hydrogen-bond acceptors (Lipinski definition) is 3. The Bertz CT molecular complexity index is 536. The maximum absolute atomic E-state index is 6.30. The van der Waals surface area contributed by atoms with Crippen LogP contribution in [0.2, 0.25) is 5.02 Å². The number of nitrogens with zero attached hydrogens (tertiary/aromatic N) is 2. The molecule has 1 aromatic heterocycles. The van der Waals surface area contributed by atoms with Crippen LogP contribution in [0.1, 0.15) is 22.9 Å². The molecule has 0 aliphatic carbocycles. The van der Waals surface area contributed by atoms with Crippen molar-refractivity contribution in [3.8, 4) is 0 Å². The summed E-state index contributed by atoms with van der Waals surface area (Å²) in [7, 11) is 1.66. The summed E-state index contributed by atoms with van der Waals surface area (Å²) >= 11 is 6.20. The highest BCUT2D eigenvalue weighted by atomic mass is 35.5. The molecule has 0 saturated heterocycles. The van der Waals surface area contributed by atoms with E-state index < -0.39 is 0 Å². The summed E-state index contributed by atoms with van der Waals surface area (Å²) in [5, 5.41) is 4.83. The molecule has 0 spiro atoms. The third kappa shape index (κ3) is 3.15. The molecule has 0 saturated carbocycles. The summed E-state index contributed by atoms with van der Waals surface area (Å²) in [5.41, 5.74) is 9.34. The number of aromatic nitrogens is 2. The molecular weight excluding hydrogens is 262 g/mol. The largest absolute Gasteiger partial charge is 0.383 e. The standard InChI is InChI=1S/C14H18ClN3O/c1-10-3-5-11(6-4-10)13(16)14-12(15)9-17-18(14)7-8-19-2/h3-6,9,13H,7-8,16H2,1-2H3. The number of aryl methyl sites for hydroxylation is 1. The number of rotatable bonds is 5. The number of halogens is 1. The smallest absolute Gasteiger partial charge is 0.0837 e. The molecule has 2 N–H and O–H groups in total. The lowest BCUT2D eigenvalue weighted by atomic mass is 10.0. The summed E-state index contributed by atoms with van der Waals surface area (Å²) in [4.78, 5) is 0. The van der Waals surface area contributed by atoms with Crippen molar-refractivity contribution in [1.82, 2.24) is 9.78 Å². The van der Waals surface area contributed by atoms with Gasteiger partial charge in [0.25, 0.3) is 0 Å². The molecule has 1 unspecified atom stereocenters. The van der Waals surface area contributed by atoms with Gasteiger partial charge in [-0.3, -0.25) is 4.68 Å². The van der Waals surface area contributed by atoms with Gasteiger partial charge in [0.2, 0.25) is 0 Å². The molecule has 5 heteroatoms. The van der Waals surface area contributed by atoms with Crippen molar-refractivity contribution in [3.05, 3.63) is 52.3 Å². The molecule has 0 radical (unpaired) electrons. The van der Waals surface area contributed by atoms with Crippen molar-refractivity contribution in [3.63, 3.8) is 0 Å². The Morgan fingerprint density at radius 2 is 2.05 bits per heavy atom. The van der Waals surface area contributed by atoms with Crippen LogP contribution >= 0.6 is 11.6 Å². The first-order valence-electron chi connectivity index (χ1n) is 6.15. The molecule has 0 aliphatic rings. The highest BCUT2D eigenvalue weighted by Crippen LogP contribution is 2.26. The lowest BCUT2D eigenvalue weighted by Crippen LogP contribution is -2.19. The molecule has 0 aliphatic heterocycles. The van der Waals surface area contributed by atoms with E-state index in [4.69, 9.17) is 22.1 Å². The second-order valence-electron chi connectivity index (χ2n) is 4.48. The molecule has 2 rings (SSSR count). The molecule has 102 valence electrons. The van der Waals surface area contributed by atoms with Gasteiger partial charge in [-0.05, 0) is 12.5 Å². The molecule has 4 nitrogen and oxygen atoms in total. The van der Waals surface area contributed by atoms with Crippen molar-refractivity contribution < 1.29 is 4.74 Å². The number of ether oxygens (including phenoxy) is 1. The normalized spacial score (nSPS) is 12.6. The van der Waals surface area contributed by atoms with E-state index >= 15 is 0 Å². The zero-order chi connectivity index (χ0) is 13.8. The predicted octanol–water partition coefficient (Wildman–Crippen LogP) is 2.54. The van der Waals surface area contributed by atoms with Crippen LogP contribution in [-0.2, 0) is 11.3 Å². The molecule has 1 aromatic carbocycles. The van der Waals surface area contributed by atoms with E-state index in [0.29, 0.717) is 18.2 Å². The van der Waals surface area contributed by atoms with E-state index in [1.165, 1.54) is 5.56 Å². The van der Waals surface area contributed by atoms with Gasteiger partial charge in [0.15, 0.2) is 0 Å². The van der Waals surface area contributed by atoms with E-state index in [0.717, 1.165) is 11.3 Å². The third-order valence-corrected chi connectivity index (χ3v) is 3.36. The van der Waals surface area contributed by atoms with Gasteiger partial charge in [0.1, 0.15) is 0 Å². The van der Waals surface area contributed by atoms with Gasteiger partial charge in [0, 0.05) is 7.11 Å². The zero-order valence-corrected chi connectivity index (χ0v) is 11.9. The SMILES string of the molecule is COCCn1ncc(Cl)c1C(N)c1ccc(C)cc1. The van der Waals surface area contributed by atoms with Crippen LogP contribution in [0.5, 0.6) is 0 Å². The molecule has 1 heterocycles. The van der Waals surface area contributed by atoms with Crippen molar-refractivity contribution in [2.75, 3.05) is 13.7 Å². The highest BCUT2D eigenvalue weighted by molar-refractivity contribution is 6.31. The minimum absolute atomic E-state index is 0.285. The minimum Gasteiger partial charge on any atom is -0.383 e. The summed E-state index contributed by atoms with van der Waals surface area (Å²) in [6.07, 6.45) is 1.63. The summed E-state index contributed by atoms with van der Waals surface area (Å²) in [5.74, 6) is 0.